The van der Waals surface area contributed by atoms with Gasteiger partial charge in [-0.2, -0.15) is 5.10 Å². The molecule has 160 valence electrons. The summed E-state index contributed by atoms with van der Waals surface area (Å²) in [5, 5.41) is 12.9. The maximum atomic E-state index is 5.37. The zero-order chi connectivity index (χ0) is 21.4. The van der Waals surface area contributed by atoms with Gasteiger partial charge in [0.1, 0.15) is 11.3 Å². The van der Waals surface area contributed by atoms with Crippen LogP contribution in [0.4, 0.5) is 17.2 Å². The lowest BCUT2D eigenvalue weighted by Gasteiger charge is -2.38. The molecule has 31 heavy (non-hydrogen) atoms. The lowest BCUT2D eigenvalue weighted by Crippen LogP contribution is -2.48. The van der Waals surface area contributed by atoms with E-state index in [4.69, 9.17) is 9.72 Å². The minimum absolute atomic E-state index is 0.614. The van der Waals surface area contributed by atoms with Crippen LogP contribution in [0.1, 0.15) is 13.8 Å². The normalized spacial score (nSPS) is 15.2. The highest BCUT2D eigenvalue weighted by molar-refractivity contribution is 6.09. The third-order valence-electron chi connectivity index (χ3n) is 6.13. The summed E-state index contributed by atoms with van der Waals surface area (Å²) in [6.07, 6.45) is 1.91. The molecule has 0 saturated carbocycles. The van der Waals surface area contributed by atoms with Crippen LogP contribution in [-0.4, -0.2) is 59.4 Å². The summed E-state index contributed by atoms with van der Waals surface area (Å²) in [5.74, 6) is 1.55. The fourth-order valence-corrected chi connectivity index (χ4v) is 4.28. The molecule has 2 aromatic carbocycles. The SMILES string of the molecule is COc1ccc2nc(Nc3ccc(N4CCN(C(C)C)CC4)cc3)c3n[nH]cc3c2c1. The molecule has 2 aromatic heterocycles. The molecule has 1 fully saturated rings. The standard InChI is InChI=1S/C24H28N6O/c1-16(2)29-10-12-30(13-11-29)18-6-4-17(5-7-18)26-24-23-21(15-25-28-23)20-14-19(31-3)8-9-22(20)27-24/h4-9,14-16H,10-13H2,1-3H3,(H,25,28)(H,26,27). The van der Waals surface area contributed by atoms with Crippen molar-refractivity contribution in [2.45, 2.75) is 19.9 Å². The van der Waals surface area contributed by atoms with E-state index in [9.17, 15) is 0 Å². The Morgan fingerprint density at radius 1 is 1.00 bits per heavy atom. The summed E-state index contributed by atoms with van der Waals surface area (Å²) in [6, 6.07) is 15.1. The Kier molecular flexibility index (Phi) is 5.11. The first kappa shape index (κ1) is 19.6. The fourth-order valence-electron chi connectivity index (χ4n) is 4.28. The molecule has 2 N–H and O–H groups in total. The summed E-state index contributed by atoms with van der Waals surface area (Å²) < 4.78 is 5.37. The highest BCUT2D eigenvalue weighted by atomic mass is 16.5. The Morgan fingerprint density at radius 3 is 2.48 bits per heavy atom. The number of methoxy groups -OCH3 is 1. The maximum absolute atomic E-state index is 5.37. The van der Waals surface area contributed by atoms with Crippen LogP contribution >= 0.6 is 0 Å². The molecular weight excluding hydrogens is 388 g/mol. The zero-order valence-corrected chi connectivity index (χ0v) is 18.2. The molecule has 1 saturated heterocycles. The summed E-state index contributed by atoms with van der Waals surface area (Å²) in [5.41, 5.74) is 3.97. The second-order valence-corrected chi connectivity index (χ2v) is 8.28. The zero-order valence-electron chi connectivity index (χ0n) is 18.2. The van der Waals surface area contributed by atoms with Crippen LogP contribution in [0.2, 0.25) is 0 Å². The van der Waals surface area contributed by atoms with Gasteiger partial charge in [-0.25, -0.2) is 4.98 Å². The van der Waals surface area contributed by atoms with Crippen LogP contribution in [0.25, 0.3) is 21.8 Å². The molecular formula is C24H28N6O. The van der Waals surface area contributed by atoms with E-state index in [1.54, 1.807) is 7.11 Å². The van der Waals surface area contributed by atoms with Crippen molar-refractivity contribution in [2.24, 2.45) is 0 Å². The second-order valence-electron chi connectivity index (χ2n) is 8.28. The molecule has 0 atom stereocenters. The van der Waals surface area contributed by atoms with Crippen LogP contribution in [0.5, 0.6) is 5.75 Å². The predicted molar refractivity (Wildman–Crippen MR) is 127 cm³/mol. The molecule has 7 nitrogen and oxygen atoms in total. The Bertz CT molecular complexity index is 1190. The summed E-state index contributed by atoms with van der Waals surface area (Å²) in [4.78, 5) is 9.80. The number of aromatic nitrogens is 3. The lowest BCUT2D eigenvalue weighted by atomic mass is 10.1. The molecule has 0 aliphatic carbocycles. The number of nitrogens with zero attached hydrogens (tertiary/aromatic N) is 4. The van der Waals surface area contributed by atoms with Gasteiger partial charge in [-0.3, -0.25) is 10.00 Å². The number of piperazine rings is 1. The van der Waals surface area contributed by atoms with Gasteiger partial charge in [0.25, 0.3) is 0 Å². The van der Waals surface area contributed by atoms with E-state index < -0.39 is 0 Å². The first-order valence-electron chi connectivity index (χ1n) is 10.8. The van der Waals surface area contributed by atoms with Crippen LogP contribution in [-0.2, 0) is 0 Å². The average molecular weight is 417 g/mol. The van der Waals surface area contributed by atoms with Crippen LogP contribution < -0.4 is 15.0 Å². The van der Waals surface area contributed by atoms with E-state index in [0.29, 0.717) is 6.04 Å². The van der Waals surface area contributed by atoms with E-state index >= 15 is 0 Å². The van der Waals surface area contributed by atoms with Gasteiger partial charge >= 0.3 is 0 Å². The number of hydrogen-bond donors (Lipinski definition) is 2. The maximum Gasteiger partial charge on any atom is 0.159 e. The van der Waals surface area contributed by atoms with Crippen molar-refractivity contribution in [3.05, 3.63) is 48.7 Å². The highest BCUT2D eigenvalue weighted by Gasteiger charge is 2.19. The van der Waals surface area contributed by atoms with Crippen LogP contribution in [0, 0.1) is 0 Å². The van der Waals surface area contributed by atoms with Gasteiger partial charge in [-0.1, -0.05) is 0 Å². The molecule has 7 heteroatoms. The number of ether oxygens (including phenoxy) is 1. The topological polar surface area (TPSA) is 69.3 Å². The molecule has 1 aliphatic heterocycles. The van der Waals surface area contributed by atoms with Crippen molar-refractivity contribution in [1.82, 2.24) is 20.1 Å². The molecule has 0 bridgehead atoms. The number of fused-ring (bicyclic) bond motifs is 3. The van der Waals surface area contributed by atoms with E-state index in [1.165, 1.54) is 5.69 Å². The first-order chi connectivity index (χ1) is 15.1. The van der Waals surface area contributed by atoms with Crippen LogP contribution in [0.3, 0.4) is 0 Å². The molecule has 0 unspecified atom stereocenters. The molecule has 3 heterocycles. The number of pyridine rings is 1. The molecule has 0 spiro atoms. The Hall–Kier alpha value is -3.32. The van der Waals surface area contributed by atoms with Crippen molar-refractivity contribution in [2.75, 3.05) is 43.5 Å². The van der Waals surface area contributed by atoms with Crippen molar-refractivity contribution >= 4 is 39.0 Å². The number of nitrogens with one attached hydrogen (secondary N) is 2. The van der Waals surface area contributed by atoms with Gasteiger partial charge in [-0.15, -0.1) is 0 Å². The Morgan fingerprint density at radius 2 is 1.77 bits per heavy atom. The smallest absolute Gasteiger partial charge is 0.159 e. The number of hydrogen-bond acceptors (Lipinski definition) is 6. The lowest BCUT2D eigenvalue weighted by molar-refractivity contribution is 0.209. The summed E-state index contributed by atoms with van der Waals surface area (Å²) in [6.45, 7) is 8.89. The van der Waals surface area contributed by atoms with Crippen molar-refractivity contribution < 1.29 is 4.74 Å². The quantitative estimate of drug-likeness (QED) is 0.503. The average Bonchev–Trinajstić information content (AvgIpc) is 3.30. The van der Waals surface area contributed by atoms with Gasteiger partial charge in [0, 0.05) is 60.6 Å². The molecule has 4 aromatic rings. The van der Waals surface area contributed by atoms with Gasteiger partial charge in [-0.05, 0) is 56.3 Å². The highest BCUT2D eigenvalue weighted by Crippen LogP contribution is 2.32. The minimum atomic E-state index is 0.614. The monoisotopic (exact) mass is 416 g/mol. The third kappa shape index (κ3) is 3.77. The van der Waals surface area contributed by atoms with Gasteiger partial charge in [0.05, 0.1) is 12.6 Å². The van der Waals surface area contributed by atoms with Crippen molar-refractivity contribution in [3.63, 3.8) is 0 Å². The number of H-pyrrole nitrogens is 1. The number of rotatable bonds is 5. The van der Waals surface area contributed by atoms with E-state index in [-0.39, 0.29) is 0 Å². The number of anilines is 3. The van der Waals surface area contributed by atoms with Crippen LogP contribution in [0.15, 0.2) is 48.7 Å². The third-order valence-corrected chi connectivity index (χ3v) is 6.13. The first-order valence-corrected chi connectivity index (χ1v) is 10.8. The van der Waals surface area contributed by atoms with E-state index in [0.717, 1.165) is 65.2 Å². The Balaban J connectivity index is 1.38. The molecule has 0 amide bonds. The number of benzene rings is 2. The van der Waals surface area contributed by atoms with Gasteiger partial charge < -0.3 is 15.0 Å². The molecule has 1 aliphatic rings. The Labute approximate surface area is 182 Å². The second kappa shape index (κ2) is 8.07. The number of aromatic amines is 1. The summed E-state index contributed by atoms with van der Waals surface area (Å²) in [7, 11) is 1.67. The van der Waals surface area contributed by atoms with Gasteiger partial charge in [0.15, 0.2) is 5.82 Å². The predicted octanol–water partition coefficient (Wildman–Crippen LogP) is 4.39. The summed E-state index contributed by atoms with van der Waals surface area (Å²) >= 11 is 0. The van der Waals surface area contributed by atoms with E-state index in [1.807, 2.05) is 24.4 Å². The molecule has 0 radical (unpaired) electrons. The van der Waals surface area contributed by atoms with E-state index in [2.05, 4.69) is 63.4 Å². The fraction of sp³-hybridized carbons (Fsp3) is 0.333. The van der Waals surface area contributed by atoms with Crippen molar-refractivity contribution in [1.29, 1.82) is 0 Å². The van der Waals surface area contributed by atoms with Gasteiger partial charge in [0.2, 0.25) is 0 Å². The van der Waals surface area contributed by atoms with Crippen molar-refractivity contribution in [3.8, 4) is 5.75 Å². The minimum Gasteiger partial charge on any atom is -0.497 e. The largest absolute Gasteiger partial charge is 0.497 e. The molecule has 5 rings (SSSR count).